The van der Waals surface area contributed by atoms with Gasteiger partial charge in [0.1, 0.15) is 11.5 Å². The van der Waals surface area contributed by atoms with E-state index < -0.39 is 0 Å². The molecule has 0 unspecified atom stereocenters. The third-order valence-electron chi connectivity index (χ3n) is 5.95. The molecule has 2 aliphatic rings. The summed E-state index contributed by atoms with van der Waals surface area (Å²) in [4.78, 5) is 0. The van der Waals surface area contributed by atoms with Crippen LogP contribution in [0.4, 0.5) is 0 Å². The molecule has 0 saturated carbocycles. The van der Waals surface area contributed by atoms with Gasteiger partial charge in [-0.15, -0.1) is 0 Å². The van der Waals surface area contributed by atoms with Crippen molar-refractivity contribution in [3.05, 3.63) is 47.1 Å². The molecule has 23 heavy (non-hydrogen) atoms. The smallest absolute Gasteiger partial charge is 0.119 e. The first kappa shape index (κ1) is 16.2. The summed E-state index contributed by atoms with van der Waals surface area (Å²) >= 11 is 0. The molecule has 0 aromatic heterocycles. The van der Waals surface area contributed by atoms with Crippen LogP contribution in [0.25, 0.3) is 0 Å². The Morgan fingerprint density at radius 1 is 1.17 bits per heavy atom. The van der Waals surface area contributed by atoms with Crippen molar-refractivity contribution in [3.8, 4) is 11.5 Å². The van der Waals surface area contributed by atoms with E-state index in [4.69, 9.17) is 0 Å². The molecule has 124 valence electrons. The second-order valence-electron chi connectivity index (χ2n) is 7.93. The Morgan fingerprint density at radius 2 is 1.91 bits per heavy atom. The SMILES string of the molecule is C=C1[C@H](c2cc(O)ccc2O)C2=C(CC[C@@H]1C)C(C)(C)CCC2. The first-order valence-corrected chi connectivity index (χ1v) is 8.74. The Hall–Kier alpha value is -1.70. The maximum Gasteiger partial charge on any atom is 0.119 e. The molecule has 0 spiro atoms. The summed E-state index contributed by atoms with van der Waals surface area (Å²) in [5.41, 5.74) is 5.21. The summed E-state index contributed by atoms with van der Waals surface area (Å²) in [6.45, 7) is 11.3. The minimum Gasteiger partial charge on any atom is -0.508 e. The number of rotatable bonds is 1. The normalized spacial score (nSPS) is 27.5. The zero-order valence-electron chi connectivity index (χ0n) is 14.5. The topological polar surface area (TPSA) is 40.5 Å². The molecule has 2 N–H and O–H groups in total. The van der Waals surface area contributed by atoms with E-state index in [0.29, 0.717) is 5.92 Å². The van der Waals surface area contributed by atoms with Gasteiger partial charge in [-0.3, -0.25) is 0 Å². The minimum absolute atomic E-state index is 0.0363. The monoisotopic (exact) mass is 312 g/mol. The van der Waals surface area contributed by atoms with E-state index in [1.165, 1.54) is 24.0 Å². The van der Waals surface area contributed by atoms with Gasteiger partial charge in [-0.2, -0.15) is 0 Å². The molecule has 0 saturated heterocycles. The van der Waals surface area contributed by atoms with Crippen LogP contribution in [0.1, 0.15) is 64.4 Å². The molecule has 2 atom stereocenters. The minimum atomic E-state index is 0.0363. The van der Waals surface area contributed by atoms with Crippen LogP contribution in [0.15, 0.2) is 41.5 Å². The Kier molecular flexibility index (Phi) is 4.03. The Morgan fingerprint density at radius 3 is 2.65 bits per heavy atom. The van der Waals surface area contributed by atoms with Gasteiger partial charge in [0.25, 0.3) is 0 Å². The molecule has 0 bridgehead atoms. The van der Waals surface area contributed by atoms with Crippen molar-refractivity contribution >= 4 is 0 Å². The summed E-state index contributed by atoms with van der Waals surface area (Å²) in [6, 6.07) is 4.86. The summed E-state index contributed by atoms with van der Waals surface area (Å²) < 4.78 is 0. The molecule has 0 aliphatic heterocycles. The second-order valence-corrected chi connectivity index (χ2v) is 7.93. The standard InChI is InChI=1S/C21H28O2/c1-13-7-9-18-16(6-5-11-21(18,3)4)20(14(13)2)17-12-15(22)8-10-19(17)23/h8,10,12-13,20,22-23H,2,5-7,9,11H2,1,3-4H3/t13-,20-/m0/s1. The predicted octanol–water partition coefficient (Wildman–Crippen LogP) is 5.67. The van der Waals surface area contributed by atoms with E-state index in [-0.39, 0.29) is 22.8 Å². The van der Waals surface area contributed by atoms with Crippen molar-refractivity contribution in [1.82, 2.24) is 0 Å². The number of phenolic OH excluding ortho intramolecular Hbond substituents is 2. The lowest BCUT2D eigenvalue weighted by atomic mass is 9.67. The number of hydrogen-bond acceptors (Lipinski definition) is 2. The van der Waals surface area contributed by atoms with Crippen LogP contribution in [0.5, 0.6) is 11.5 Å². The fourth-order valence-corrected chi connectivity index (χ4v) is 4.49. The molecular formula is C21H28O2. The number of allylic oxidation sites excluding steroid dienone is 3. The van der Waals surface area contributed by atoms with E-state index in [1.807, 2.05) is 0 Å². The van der Waals surface area contributed by atoms with Crippen LogP contribution in [-0.2, 0) is 0 Å². The maximum absolute atomic E-state index is 10.4. The van der Waals surface area contributed by atoms with Gasteiger partial charge in [-0.1, -0.05) is 44.1 Å². The third-order valence-corrected chi connectivity index (χ3v) is 5.95. The highest BCUT2D eigenvalue weighted by molar-refractivity contribution is 5.51. The average Bonchev–Trinajstić information content (AvgIpc) is 2.60. The van der Waals surface area contributed by atoms with Crippen molar-refractivity contribution in [2.75, 3.05) is 0 Å². The summed E-state index contributed by atoms with van der Waals surface area (Å²) in [5, 5.41) is 20.4. The largest absolute Gasteiger partial charge is 0.508 e. The Bertz CT molecular complexity index is 666. The molecule has 0 fully saturated rings. The van der Waals surface area contributed by atoms with Gasteiger partial charge in [-0.25, -0.2) is 0 Å². The molecule has 0 heterocycles. The van der Waals surface area contributed by atoms with Crippen LogP contribution >= 0.6 is 0 Å². The number of benzene rings is 1. The molecular weight excluding hydrogens is 284 g/mol. The first-order chi connectivity index (χ1) is 10.8. The van der Waals surface area contributed by atoms with E-state index in [0.717, 1.165) is 24.8 Å². The lowest BCUT2D eigenvalue weighted by Crippen LogP contribution is -2.23. The van der Waals surface area contributed by atoms with Crippen LogP contribution in [0.3, 0.4) is 0 Å². The van der Waals surface area contributed by atoms with Gasteiger partial charge < -0.3 is 10.2 Å². The maximum atomic E-state index is 10.4. The second kappa shape index (κ2) is 5.74. The van der Waals surface area contributed by atoms with E-state index in [2.05, 4.69) is 27.4 Å². The highest BCUT2D eigenvalue weighted by Gasteiger charge is 2.37. The third kappa shape index (κ3) is 2.80. The van der Waals surface area contributed by atoms with Crippen molar-refractivity contribution < 1.29 is 10.2 Å². The Labute approximate surface area is 139 Å². The number of hydrogen-bond donors (Lipinski definition) is 2. The summed E-state index contributed by atoms with van der Waals surface area (Å²) in [5.74, 6) is 0.926. The molecule has 0 amide bonds. The highest BCUT2D eigenvalue weighted by atomic mass is 16.3. The predicted molar refractivity (Wildman–Crippen MR) is 94.7 cm³/mol. The molecule has 0 radical (unpaired) electrons. The van der Waals surface area contributed by atoms with Gasteiger partial charge in [-0.05, 0) is 61.6 Å². The van der Waals surface area contributed by atoms with Crippen molar-refractivity contribution in [1.29, 1.82) is 0 Å². The average molecular weight is 312 g/mol. The first-order valence-electron chi connectivity index (χ1n) is 8.74. The zero-order chi connectivity index (χ0) is 16.8. The lowest BCUT2D eigenvalue weighted by molar-refractivity contribution is 0.349. The van der Waals surface area contributed by atoms with Crippen molar-refractivity contribution in [2.45, 2.75) is 58.8 Å². The number of phenols is 2. The molecule has 3 rings (SSSR count). The molecule has 2 heteroatoms. The van der Waals surface area contributed by atoms with Gasteiger partial charge in [0, 0.05) is 11.5 Å². The molecule has 2 aliphatic carbocycles. The van der Waals surface area contributed by atoms with Gasteiger partial charge in [0.2, 0.25) is 0 Å². The summed E-state index contributed by atoms with van der Waals surface area (Å²) in [7, 11) is 0. The van der Waals surface area contributed by atoms with E-state index >= 15 is 0 Å². The van der Waals surface area contributed by atoms with Crippen molar-refractivity contribution in [2.24, 2.45) is 11.3 Å². The quantitative estimate of drug-likeness (QED) is 0.518. The van der Waals surface area contributed by atoms with Gasteiger partial charge >= 0.3 is 0 Å². The molecule has 2 nitrogen and oxygen atoms in total. The number of aromatic hydroxyl groups is 2. The molecule has 1 aromatic carbocycles. The van der Waals surface area contributed by atoms with Crippen LogP contribution in [-0.4, -0.2) is 10.2 Å². The Balaban J connectivity index is 2.20. The van der Waals surface area contributed by atoms with E-state index in [1.54, 1.807) is 23.8 Å². The van der Waals surface area contributed by atoms with E-state index in [9.17, 15) is 10.2 Å². The van der Waals surface area contributed by atoms with Crippen molar-refractivity contribution in [3.63, 3.8) is 0 Å². The van der Waals surface area contributed by atoms with Crippen LogP contribution in [0, 0.1) is 11.3 Å². The zero-order valence-corrected chi connectivity index (χ0v) is 14.5. The fourth-order valence-electron chi connectivity index (χ4n) is 4.49. The fraction of sp³-hybridized carbons (Fsp3) is 0.524. The molecule has 1 aromatic rings. The van der Waals surface area contributed by atoms with Gasteiger partial charge in [0.15, 0.2) is 0 Å². The summed E-state index contributed by atoms with van der Waals surface area (Å²) in [6.07, 6.45) is 5.73. The van der Waals surface area contributed by atoms with Crippen LogP contribution < -0.4 is 0 Å². The van der Waals surface area contributed by atoms with Gasteiger partial charge in [0.05, 0.1) is 0 Å². The lowest BCUT2D eigenvalue weighted by Gasteiger charge is -2.37. The van der Waals surface area contributed by atoms with Crippen LogP contribution in [0.2, 0.25) is 0 Å². The highest BCUT2D eigenvalue weighted by Crippen LogP contribution is 2.53.